The van der Waals surface area contributed by atoms with Crippen molar-refractivity contribution in [2.75, 3.05) is 0 Å². The summed E-state index contributed by atoms with van der Waals surface area (Å²) in [4.78, 5) is 0. The van der Waals surface area contributed by atoms with Crippen molar-refractivity contribution in [3.63, 3.8) is 0 Å². The molecular weight excluding hydrogens is 532 g/mol. The average Bonchev–Trinajstić information content (AvgIpc) is 3.51. The molecule has 4 nitrogen and oxygen atoms in total. The molecule has 0 amide bonds. The lowest BCUT2D eigenvalue weighted by molar-refractivity contribution is 0.278. The molecule has 0 aromatic heterocycles. The van der Waals surface area contributed by atoms with Crippen LogP contribution in [0.15, 0.2) is 155 Å². The highest BCUT2D eigenvalue weighted by Gasteiger charge is 2.60. The van der Waals surface area contributed by atoms with Crippen LogP contribution in [0, 0.1) is 0 Å². The summed E-state index contributed by atoms with van der Waals surface area (Å²) in [6.07, 6.45) is 1.88. The molecule has 5 heteroatoms. The fourth-order valence-electron chi connectivity index (χ4n) is 5.58. The van der Waals surface area contributed by atoms with Crippen molar-refractivity contribution in [2.24, 2.45) is 15.5 Å². The minimum atomic E-state index is -0.818. The van der Waals surface area contributed by atoms with Gasteiger partial charge in [0.15, 0.2) is 5.69 Å². The van der Waals surface area contributed by atoms with Crippen LogP contribution in [0.5, 0.6) is 0 Å². The quantitative estimate of drug-likeness (QED) is 0.109. The second-order valence-electron chi connectivity index (χ2n) is 9.25. The van der Waals surface area contributed by atoms with Crippen LogP contribution in [0.4, 0.5) is 5.69 Å². The number of rotatable bonds is 7. The van der Waals surface area contributed by atoms with Crippen LogP contribution in [0.2, 0.25) is 0 Å². The summed E-state index contributed by atoms with van der Waals surface area (Å²) in [6.45, 7) is 0. The Morgan fingerprint density at radius 1 is 0.605 bits per heavy atom. The summed E-state index contributed by atoms with van der Waals surface area (Å²) in [6, 6.07) is 48.8. The Hall–Kier alpha value is -4.19. The Morgan fingerprint density at radius 2 is 1.11 bits per heavy atom. The van der Waals surface area contributed by atoms with E-state index in [4.69, 9.17) is 5.22 Å². The van der Waals surface area contributed by atoms with Crippen LogP contribution in [0.1, 0.15) is 22.3 Å². The van der Waals surface area contributed by atoms with Crippen LogP contribution in [0.25, 0.3) is 11.1 Å². The highest BCUT2D eigenvalue weighted by molar-refractivity contribution is 9.08. The van der Waals surface area contributed by atoms with Crippen LogP contribution < -0.4 is 4.59 Å². The van der Waals surface area contributed by atoms with Crippen LogP contribution in [-0.2, 0) is 10.9 Å². The monoisotopic (exact) mass is 557 g/mol. The first kappa shape index (κ1) is 24.2. The summed E-state index contributed by atoms with van der Waals surface area (Å²) >= 11 is 3.69. The molecule has 0 aliphatic carbocycles. The molecule has 0 saturated carbocycles. The van der Waals surface area contributed by atoms with Gasteiger partial charge in [-0.3, -0.25) is 0 Å². The van der Waals surface area contributed by atoms with Gasteiger partial charge in [-0.05, 0) is 17.2 Å². The maximum Gasteiger partial charge on any atom is 0.246 e. The van der Waals surface area contributed by atoms with Crippen molar-refractivity contribution in [1.82, 2.24) is 4.59 Å². The number of benzene rings is 5. The Morgan fingerprint density at radius 3 is 1.55 bits per heavy atom. The van der Waals surface area contributed by atoms with E-state index in [0.717, 1.165) is 44.4 Å². The van der Waals surface area contributed by atoms with Crippen LogP contribution >= 0.6 is 15.9 Å². The van der Waals surface area contributed by atoms with E-state index in [1.54, 1.807) is 0 Å². The molecule has 0 spiro atoms. The molecular formula is C33H26BrN4+. The van der Waals surface area contributed by atoms with Gasteiger partial charge in [0, 0.05) is 38.9 Å². The standard InChI is InChI=1S/C33H26BrN4/c34-24-26-21-22-31(27-13-5-1-6-14-27)32(23-26)38(25-35-36-37-38)33(28-15-7-2-8-16-28,29-17-9-3-10-18-29)30-19-11-4-12-20-30/h1-23,25H,24H2/q+1. The molecule has 5 aromatic carbocycles. The molecule has 0 N–H and O–H groups in total. The number of alkyl halides is 1. The largest absolute Gasteiger partial charge is 0.246 e. The third kappa shape index (κ3) is 3.83. The van der Waals surface area contributed by atoms with E-state index < -0.39 is 5.54 Å². The van der Waals surface area contributed by atoms with Gasteiger partial charge in [0.05, 0.1) is 5.22 Å². The maximum absolute atomic E-state index is 5.03. The molecule has 1 aliphatic rings. The van der Waals surface area contributed by atoms with E-state index in [0.29, 0.717) is 0 Å². The minimum Gasteiger partial charge on any atom is -0.0876 e. The number of hydrogen-bond acceptors (Lipinski definition) is 3. The SMILES string of the molecule is BrCc1ccc(-c2ccccc2)c([N+]2(C(c3ccccc3)(c3ccccc3)c3ccccc3)C=NN=N2)c1. The zero-order valence-corrected chi connectivity index (χ0v) is 22.3. The molecule has 0 fully saturated rings. The summed E-state index contributed by atoms with van der Waals surface area (Å²) in [5.41, 5.74) is 6.79. The lowest BCUT2D eigenvalue weighted by Crippen LogP contribution is -2.60. The highest BCUT2D eigenvalue weighted by Crippen LogP contribution is 2.53. The van der Waals surface area contributed by atoms with E-state index in [-0.39, 0.29) is 4.59 Å². The van der Waals surface area contributed by atoms with Gasteiger partial charge in [0.2, 0.25) is 11.9 Å². The first-order valence-corrected chi connectivity index (χ1v) is 13.7. The molecule has 1 heterocycles. The van der Waals surface area contributed by atoms with E-state index >= 15 is 0 Å². The topological polar surface area (TPSA) is 37.1 Å². The molecule has 1 unspecified atom stereocenters. The number of halogens is 1. The Kier molecular flexibility index (Phi) is 6.54. The van der Waals surface area contributed by atoms with Crippen molar-refractivity contribution in [2.45, 2.75) is 10.9 Å². The molecule has 1 atom stereocenters. The van der Waals surface area contributed by atoms with E-state index in [1.807, 2.05) is 12.4 Å². The molecule has 6 rings (SSSR count). The average molecular weight is 559 g/mol. The molecule has 0 bridgehead atoms. The fourth-order valence-corrected chi connectivity index (χ4v) is 5.93. The van der Waals surface area contributed by atoms with Gasteiger partial charge in [-0.1, -0.05) is 153 Å². The van der Waals surface area contributed by atoms with E-state index in [9.17, 15) is 0 Å². The van der Waals surface area contributed by atoms with Gasteiger partial charge in [0.25, 0.3) is 0 Å². The molecule has 5 aromatic rings. The zero-order chi connectivity index (χ0) is 25.8. The van der Waals surface area contributed by atoms with E-state index in [2.05, 4.69) is 160 Å². The van der Waals surface area contributed by atoms with E-state index in [1.165, 1.54) is 0 Å². The van der Waals surface area contributed by atoms with Crippen molar-refractivity contribution >= 4 is 28.0 Å². The second-order valence-corrected chi connectivity index (χ2v) is 9.82. The summed E-state index contributed by atoms with van der Waals surface area (Å²) < 4.78 is 0.0239. The first-order valence-electron chi connectivity index (χ1n) is 12.6. The summed E-state index contributed by atoms with van der Waals surface area (Å²) in [5, 5.41) is 14.5. The number of hydrogen-bond donors (Lipinski definition) is 0. The second kappa shape index (κ2) is 10.3. The fraction of sp³-hybridized carbons (Fsp3) is 0.0606. The minimum absolute atomic E-state index is 0.0239. The highest BCUT2D eigenvalue weighted by atomic mass is 79.9. The molecule has 0 saturated heterocycles. The van der Waals surface area contributed by atoms with Gasteiger partial charge < -0.3 is 0 Å². The number of nitrogens with zero attached hydrogens (tertiary/aromatic N) is 4. The Bertz CT molecular complexity index is 1480. The Balaban J connectivity index is 1.80. The molecule has 1 aliphatic heterocycles. The normalized spacial score (nSPS) is 16.6. The lowest BCUT2D eigenvalue weighted by Gasteiger charge is -2.44. The van der Waals surface area contributed by atoms with Crippen molar-refractivity contribution in [3.8, 4) is 11.1 Å². The number of quaternary nitrogens is 1. The zero-order valence-electron chi connectivity index (χ0n) is 20.7. The predicted octanol–water partition coefficient (Wildman–Crippen LogP) is 8.87. The molecule has 184 valence electrons. The molecule has 38 heavy (non-hydrogen) atoms. The Labute approximate surface area is 231 Å². The maximum atomic E-state index is 5.03. The van der Waals surface area contributed by atoms with Crippen molar-refractivity contribution < 1.29 is 0 Å². The van der Waals surface area contributed by atoms with Gasteiger partial charge in [0.1, 0.15) is 0 Å². The van der Waals surface area contributed by atoms with Gasteiger partial charge in [-0.25, -0.2) is 0 Å². The van der Waals surface area contributed by atoms with Crippen LogP contribution in [-0.4, -0.2) is 6.34 Å². The smallest absolute Gasteiger partial charge is 0.0876 e. The summed E-state index contributed by atoms with van der Waals surface area (Å²) in [7, 11) is 0. The lowest BCUT2D eigenvalue weighted by atomic mass is 9.74. The van der Waals surface area contributed by atoms with Gasteiger partial charge in [-0.2, -0.15) is 0 Å². The third-order valence-electron chi connectivity index (χ3n) is 7.21. The predicted molar refractivity (Wildman–Crippen MR) is 159 cm³/mol. The van der Waals surface area contributed by atoms with Gasteiger partial charge in [-0.15, -0.1) is 0 Å². The first-order chi connectivity index (χ1) is 18.8. The summed E-state index contributed by atoms with van der Waals surface area (Å²) in [5.74, 6) is 0. The van der Waals surface area contributed by atoms with Crippen molar-refractivity contribution in [1.29, 1.82) is 0 Å². The third-order valence-corrected chi connectivity index (χ3v) is 7.85. The molecule has 0 radical (unpaired) electrons. The van der Waals surface area contributed by atoms with Crippen LogP contribution in [0.3, 0.4) is 0 Å². The van der Waals surface area contributed by atoms with Gasteiger partial charge >= 0.3 is 0 Å². The van der Waals surface area contributed by atoms with Crippen molar-refractivity contribution in [3.05, 3.63) is 162 Å².